The van der Waals surface area contributed by atoms with Crippen LogP contribution in [0.25, 0.3) is 0 Å². The molecule has 2 aromatic rings. The van der Waals surface area contributed by atoms with Gasteiger partial charge in [0.2, 0.25) is 5.06 Å². The van der Waals surface area contributed by atoms with Crippen LogP contribution in [-0.4, -0.2) is 29.7 Å². The van der Waals surface area contributed by atoms with E-state index >= 15 is 0 Å². The normalized spacial score (nSPS) is 11.6. The highest BCUT2D eigenvalue weighted by atomic mass is 35.5. The number of nitrogens with zero attached hydrogens (tertiary/aromatic N) is 4. The molecule has 0 radical (unpaired) electrons. The first-order chi connectivity index (χ1) is 12.1. The van der Waals surface area contributed by atoms with Crippen LogP contribution < -0.4 is 4.74 Å². The lowest BCUT2D eigenvalue weighted by atomic mass is 9.89. The summed E-state index contributed by atoms with van der Waals surface area (Å²) in [5.74, 6) is 0.598. The van der Waals surface area contributed by atoms with Gasteiger partial charge in [-0.25, -0.2) is 4.99 Å². The molecule has 1 aromatic carbocycles. The number of nitriles is 1. The summed E-state index contributed by atoms with van der Waals surface area (Å²) in [6, 6.07) is 5.81. The first kappa shape index (κ1) is 20.2. The summed E-state index contributed by atoms with van der Waals surface area (Å²) in [6.07, 6.45) is 2.41. The van der Waals surface area contributed by atoms with Crippen molar-refractivity contribution in [1.82, 2.24) is 9.27 Å². The molecule has 1 aromatic heterocycles. The smallest absolute Gasteiger partial charge is 0.218 e. The van der Waals surface area contributed by atoms with Crippen LogP contribution in [0.2, 0.25) is 5.02 Å². The maximum atomic E-state index is 9.54. The lowest BCUT2D eigenvalue weighted by Crippen LogP contribution is -2.10. The van der Waals surface area contributed by atoms with Crippen LogP contribution in [0.3, 0.4) is 0 Å². The molecule has 7 heteroatoms. The van der Waals surface area contributed by atoms with Crippen molar-refractivity contribution in [2.45, 2.75) is 34.1 Å². The minimum atomic E-state index is 0.0439. The van der Waals surface area contributed by atoms with E-state index < -0.39 is 0 Å². The lowest BCUT2D eigenvalue weighted by Gasteiger charge is -2.16. The highest BCUT2D eigenvalue weighted by Crippen LogP contribution is 2.38. The molecule has 0 fully saturated rings. The van der Waals surface area contributed by atoms with Gasteiger partial charge in [0.15, 0.2) is 0 Å². The van der Waals surface area contributed by atoms with Gasteiger partial charge in [-0.1, -0.05) is 32.4 Å². The molecule has 1 heterocycles. The zero-order chi connectivity index (χ0) is 19.5. The molecule has 0 spiro atoms. The number of hydrogen-bond donors (Lipinski definition) is 0. The molecule has 0 unspecified atom stereocenters. The minimum Gasteiger partial charge on any atom is -0.443 e. The van der Waals surface area contributed by atoms with E-state index in [9.17, 15) is 5.26 Å². The second-order valence-electron chi connectivity index (χ2n) is 7.52. The average molecular weight is 391 g/mol. The quantitative estimate of drug-likeness (QED) is 0.494. The van der Waals surface area contributed by atoms with E-state index in [0.29, 0.717) is 33.5 Å². The molecule has 26 heavy (non-hydrogen) atoms. The van der Waals surface area contributed by atoms with Gasteiger partial charge < -0.3 is 9.64 Å². The third-order valence-electron chi connectivity index (χ3n) is 3.42. The standard InChI is InChI=1S/C19H23ClN4OS/c1-12-7-15(22-11-24(5)6)14(20)8-17(12)25-18-13(10-21)16(23-26-18)9-19(2,3)4/h7-8,11H,9H2,1-6H3/b22-11-. The summed E-state index contributed by atoms with van der Waals surface area (Å²) in [7, 11) is 3.79. The fraction of sp³-hybridized carbons (Fsp3) is 0.421. The van der Waals surface area contributed by atoms with Crippen LogP contribution >= 0.6 is 23.1 Å². The summed E-state index contributed by atoms with van der Waals surface area (Å²) in [4.78, 5) is 6.18. The van der Waals surface area contributed by atoms with E-state index in [2.05, 4.69) is 36.2 Å². The molecule has 0 aliphatic heterocycles. The number of halogens is 1. The SMILES string of the molecule is Cc1cc(/N=C\N(C)C)c(Cl)cc1Oc1snc(CC(C)(C)C)c1C#N. The Kier molecular flexibility index (Phi) is 6.27. The molecule has 0 aliphatic rings. The van der Waals surface area contributed by atoms with E-state index in [0.717, 1.165) is 11.3 Å². The van der Waals surface area contributed by atoms with Gasteiger partial charge in [0.25, 0.3) is 0 Å². The number of ether oxygens (including phenoxy) is 1. The largest absolute Gasteiger partial charge is 0.443 e. The third-order valence-corrected chi connectivity index (χ3v) is 4.48. The van der Waals surface area contributed by atoms with Crippen LogP contribution in [0.1, 0.15) is 37.6 Å². The highest BCUT2D eigenvalue weighted by molar-refractivity contribution is 7.08. The van der Waals surface area contributed by atoms with Gasteiger partial charge in [0.1, 0.15) is 17.4 Å². The Morgan fingerprint density at radius 3 is 2.65 bits per heavy atom. The number of aliphatic imine (C=N–C) groups is 1. The maximum Gasteiger partial charge on any atom is 0.218 e. The van der Waals surface area contributed by atoms with E-state index in [-0.39, 0.29) is 5.41 Å². The summed E-state index contributed by atoms with van der Waals surface area (Å²) in [6.45, 7) is 8.27. The van der Waals surface area contributed by atoms with Crippen LogP contribution in [0, 0.1) is 23.7 Å². The fourth-order valence-electron chi connectivity index (χ4n) is 2.24. The number of benzene rings is 1. The molecule has 0 aliphatic carbocycles. The number of aromatic nitrogens is 1. The van der Waals surface area contributed by atoms with Crippen molar-refractivity contribution in [3.8, 4) is 16.9 Å². The van der Waals surface area contributed by atoms with Crippen molar-refractivity contribution in [1.29, 1.82) is 5.26 Å². The van der Waals surface area contributed by atoms with Crippen molar-refractivity contribution in [3.63, 3.8) is 0 Å². The minimum absolute atomic E-state index is 0.0439. The Bertz CT molecular complexity index is 860. The lowest BCUT2D eigenvalue weighted by molar-refractivity contribution is 0.406. The van der Waals surface area contributed by atoms with Gasteiger partial charge in [-0.15, -0.1) is 0 Å². The third kappa shape index (κ3) is 5.20. The maximum absolute atomic E-state index is 9.54. The summed E-state index contributed by atoms with van der Waals surface area (Å²) < 4.78 is 10.4. The predicted molar refractivity (Wildman–Crippen MR) is 108 cm³/mol. The first-order valence-electron chi connectivity index (χ1n) is 8.18. The Hall–Kier alpha value is -2.10. The van der Waals surface area contributed by atoms with Crippen molar-refractivity contribution in [2.24, 2.45) is 10.4 Å². The zero-order valence-corrected chi connectivity index (χ0v) is 17.5. The summed E-state index contributed by atoms with van der Waals surface area (Å²) in [5, 5.41) is 10.5. The molecule has 138 valence electrons. The molecule has 0 bridgehead atoms. The van der Waals surface area contributed by atoms with E-state index in [1.807, 2.05) is 32.0 Å². The topological polar surface area (TPSA) is 61.5 Å². The molecule has 0 N–H and O–H groups in total. The number of hydrogen-bond acceptors (Lipinski definition) is 5. The van der Waals surface area contributed by atoms with Gasteiger partial charge in [-0.3, -0.25) is 0 Å². The molecule has 0 atom stereocenters. The van der Waals surface area contributed by atoms with E-state index in [4.69, 9.17) is 16.3 Å². The zero-order valence-electron chi connectivity index (χ0n) is 15.9. The Balaban J connectivity index is 2.32. The molecule has 0 saturated heterocycles. The van der Waals surface area contributed by atoms with Gasteiger partial charge in [0.05, 0.1) is 22.7 Å². The molecule has 2 rings (SSSR count). The van der Waals surface area contributed by atoms with Crippen molar-refractivity contribution in [2.75, 3.05) is 14.1 Å². The van der Waals surface area contributed by atoms with Crippen LogP contribution in [0.5, 0.6) is 10.8 Å². The monoisotopic (exact) mass is 390 g/mol. The fourth-order valence-corrected chi connectivity index (χ4v) is 3.18. The Morgan fingerprint density at radius 2 is 2.08 bits per heavy atom. The molecule has 5 nitrogen and oxygen atoms in total. The molecule has 0 saturated carbocycles. The first-order valence-corrected chi connectivity index (χ1v) is 9.33. The van der Waals surface area contributed by atoms with Crippen molar-refractivity contribution < 1.29 is 4.74 Å². The van der Waals surface area contributed by atoms with Gasteiger partial charge in [-0.05, 0) is 30.4 Å². The Labute approximate surface area is 164 Å². The highest BCUT2D eigenvalue weighted by Gasteiger charge is 2.21. The molecular weight excluding hydrogens is 368 g/mol. The van der Waals surface area contributed by atoms with Crippen LogP contribution in [0.4, 0.5) is 5.69 Å². The number of aryl methyl sites for hydroxylation is 1. The van der Waals surface area contributed by atoms with Crippen LogP contribution in [-0.2, 0) is 6.42 Å². The van der Waals surface area contributed by atoms with Crippen LogP contribution in [0.15, 0.2) is 17.1 Å². The second-order valence-corrected chi connectivity index (χ2v) is 8.66. The summed E-state index contributed by atoms with van der Waals surface area (Å²) >= 11 is 7.52. The molecular formula is C19H23ClN4OS. The van der Waals surface area contributed by atoms with E-state index in [1.54, 1.807) is 12.4 Å². The van der Waals surface area contributed by atoms with Gasteiger partial charge >= 0.3 is 0 Å². The second kappa shape index (κ2) is 8.07. The summed E-state index contributed by atoms with van der Waals surface area (Å²) in [5.41, 5.74) is 2.87. The Morgan fingerprint density at radius 1 is 1.38 bits per heavy atom. The number of rotatable bonds is 5. The van der Waals surface area contributed by atoms with Crippen molar-refractivity contribution in [3.05, 3.63) is 34.0 Å². The van der Waals surface area contributed by atoms with Gasteiger partial charge in [-0.2, -0.15) is 9.64 Å². The predicted octanol–water partition coefficient (Wildman–Crippen LogP) is 5.58. The molecule has 0 amide bonds. The van der Waals surface area contributed by atoms with Crippen molar-refractivity contribution >= 4 is 35.2 Å². The van der Waals surface area contributed by atoms with E-state index in [1.165, 1.54) is 11.5 Å². The van der Waals surface area contributed by atoms with Gasteiger partial charge in [0, 0.05) is 31.7 Å². The average Bonchev–Trinajstić information content (AvgIpc) is 2.88.